The number of hydrogen-bond donors (Lipinski definition) is 2. The van der Waals surface area contributed by atoms with Gasteiger partial charge in [-0.2, -0.15) is 0 Å². The third kappa shape index (κ3) is 5.05. The van der Waals surface area contributed by atoms with Crippen LogP contribution in [0.25, 0.3) is 0 Å². The van der Waals surface area contributed by atoms with Crippen LogP contribution in [-0.2, 0) is 0 Å². The minimum absolute atomic E-state index is 0.0333. The standard InChI is InChI=1S/C22H18BrNO3/c23-18-10-6-16(7-11-18)21(25)14-20(15-4-2-1-3-5-15)24-19-12-8-17(9-13-19)22(26)27/h1-13,20,24H,14H2,(H,26,27). The van der Waals surface area contributed by atoms with Crippen LogP contribution in [0, 0.1) is 0 Å². The molecule has 0 aromatic heterocycles. The van der Waals surface area contributed by atoms with Gasteiger partial charge in [0.25, 0.3) is 0 Å². The molecular weight excluding hydrogens is 406 g/mol. The molecule has 2 N–H and O–H groups in total. The number of carboxylic acid groups (broad SMARTS) is 1. The maximum absolute atomic E-state index is 12.7. The topological polar surface area (TPSA) is 66.4 Å². The number of aromatic carboxylic acids is 1. The summed E-state index contributed by atoms with van der Waals surface area (Å²) in [5, 5.41) is 12.4. The van der Waals surface area contributed by atoms with Crippen LogP contribution in [0.3, 0.4) is 0 Å². The van der Waals surface area contributed by atoms with Crippen molar-refractivity contribution in [1.29, 1.82) is 0 Å². The number of ketones is 1. The smallest absolute Gasteiger partial charge is 0.335 e. The third-order valence-corrected chi connectivity index (χ3v) is 4.76. The van der Waals surface area contributed by atoms with Crippen molar-refractivity contribution in [2.24, 2.45) is 0 Å². The first-order valence-electron chi connectivity index (χ1n) is 8.46. The highest BCUT2D eigenvalue weighted by Crippen LogP contribution is 2.25. The first kappa shape index (κ1) is 18.9. The Morgan fingerprint density at radius 1 is 0.852 bits per heavy atom. The fraction of sp³-hybridized carbons (Fsp3) is 0.0909. The van der Waals surface area contributed by atoms with Crippen molar-refractivity contribution in [3.8, 4) is 0 Å². The number of carboxylic acids is 1. The molecule has 0 amide bonds. The van der Waals surface area contributed by atoms with Crippen LogP contribution in [0.2, 0.25) is 0 Å². The first-order valence-corrected chi connectivity index (χ1v) is 9.26. The molecule has 0 saturated heterocycles. The SMILES string of the molecule is O=C(O)c1ccc(NC(CC(=O)c2ccc(Br)cc2)c2ccccc2)cc1. The second kappa shape index (κ2) is 8.64. The molecule has 1 unspecified atom stereocenters. The van der Waals surface area contributed by atoms with E-state index in [4.69, 9.17) is 5.11 Å². The molecule has 0 aliphatic heterocycles. The van der Waals surface area contributed by atoms with Crippen molar-refractivity contribution < 1.29 is 14.7 Å². The molecule has 136 valence electrons. The normalized spacial score (nSPS) is 11.6. The summed E-state index contributed by atoms with van der Waals surface area (Å²) in [5.74, 6) is -0.933. The lowest BCUT2D eigenvalue weighted by Gasteiger charge is -2.20. The summed E-state index contributed by atoms with van der Waals surface area (Å²) in [6.07, 6.45) is 0.284. The van der Waals surface area contributed by atoms with Gasteiger partial charge in [0.1, 0.15) is 0 Å². The Kier molecular flexibility index (Phi) is 6.04. The molecule has 0 aliphatic carbocycles. The van der Waals surface area contributed by atoms with Crippen LogP contribution in [0.5, 0.6) is 0 Å². The van der Waals surface area contributed by atoms with Crippen LogP contribution in [0.1, 0.15) is 38.7 Å². The number of Topliss-reactive ketones (excluding diaryl/α,β-unsaturated/α-hetero) is 1. The van der Waals surface area contributed by atoms with Gasteiger partial charge in [-0.25, -0.2) is 4.79 Å². The van der Waals surface area contributed by atoms with Gasteiger partial charge in [0, 0.05) is 22.1 Å². The number of carbonyl (C=O) groups excluding carboxylic acids is 1. The minimum Gasteiger partial charge on any atom is -0.478 e. The fourth-order valence-electron chi connectivity index (χ4n) is 2.79. The molecular formula is C22H18BrNO3. The van der Waals surface area contributed by atoms with E-state index in [-0.39, 0.29) is 23.8 Å². The number of benzene rings is 3. The number of hydrogen-bond acceptors (Lipinski definition) is 3. The number of nitrogens with one attached hydrogen (secondary N) is 1. The summed E-state index contributed by atoms with van der Waals surface area (Å²) in [6, 6.07) is 23.3. The number of anilines is 1. The molecule has 0 spiro atoms. The summed E-state index contributed by atoms with van der Waals surface area (Å²) in [7, 11) is 0. The van der Waals surface area contributed by atoms with Gasteiger partial charge in [-0.15, -0.1) is 0 Å². The molecule has 4 nitrogen and oxygen atoms in total. The Bertz CT molecular complexity index is 922. The van der Waals surface area contributed by atoms with Crippen molar-refractivity contribution in [2.75, 3.05) is 5.32 Å². The van der Waals surface area contributed by atoms with Gasteiger partial charge >= 0.3 is 5.97 Å². The zero-order chi connectivity index (χ0) is 19.2. The molecule has 0 saturated carbocycles. The van der Waals surface area contributed by atoms with E-state index in [1.165, 1.54) is 0 Å². The summed E-state index contributed by atoms with van der Waals surface area (Å²) in [6.45, 7) is 0. The van der Waals surface area contributed by atoms with Gasteiger partial charge in [0.2, 0.25) is 0 Å². The van der Waals surface area contributed by atoms with Crippen molar-refractivity contribution in [1.82, 2.24) is 0 Å². The van der Waals surface area contributed by atoms with Crippen LogP contribution >= 0.6 is 15.9 Å². The quantitative estimate of drug-likeness (QED) is 0.487. The van der Waals surface area contributed by atoms with Gasteiger partial charge in [-0.1, -0.05) is 58.4 Å². The van der Waals surface area contributed by atoms with E-state index in [1.807, 2.05) is 42.5 Å². The highest BCUT2D eigenvalue weighted by Gasteiger charge is 2.17. The van der Waals surface area contributed by atoms with E-state index in [9.17, 15) is 9.59 Å². The van der Waals surface area contributed by atoms with E-state index < -0.39 is 5.97 Å². The van der Waals surface area contributed by atoms with Gasteiger partial charge in [0.15, 0.2) is 5.78 Å². The average Bonchev–Trinajstić information content (AvgIpc) is 2.69. The monoisotopic (exact) mass is 423 g/mol. The molecule has 0 bridgehead atoms. The average molecular weight is 424 g/mol. The summed E-state index contributed by atoms with van der Waals surface area (Å²) in [5.41, 5.74) is 2.63. The molecule has 0 radical (unpaired) electrons. The first-order chi connectivity index (χ1) is 13.0. The molecule has 3 rings (SSSR count). The van der Waals surface area contributed by atoms with Crippen molar-refractivity contribution in [2.45, 2.75) is 12.5 Å². The maximum Gasteiger partial charge on any atom is 0.335 e. The Hall–Kier alpha value is -2.92. The van der Waals surface area contributed by atoms with Crippen molar-refractivity contribution in [3.05, 3.63) is 100 Å². The molecule has 3 aromatic rings. The van der Waals surface area contributed by atoms with Crippen LogP contribution in [-0.4, -0.2) is 16.9 Å². The Morgan fingerprint density at radius 2 is 1.44 bits per heavy atom. The fourth-order valence-corrected chi connectivity index (χ4v) is 3.05. The zero-order valence-electron chi connectivity index (χ0n) is 14.4. The highest BCUT2D eigenvalue weighted by molar-refractivity contribution is 9.10. The number of rotatable bonds is 7. The van der Waals surface area contributed by atoms with E-state index in [0.29, 0.717) is 5.56 Å². The van der Waals surface area contributed by atoms with E-state index in [2.05, 4.69) is 21.2 Å². The van der Waals surface area contributed by atoms with Crippen LogP contribution in [0.4, 0.5) is 5.69 Å². The predicted octanol–water partition coefficient (Wildman–Crippen LogP) is 5.57. The Morgan fingerprint density at radius 3 is 2.04 bits per heavy atom. The number of halogens is 1. The van der Waals surface area contributed by atoms with Gasteiger partial charge < -0.3 is 10.4 Å². The van der Waals surface area contributed by atoms with Crippen LogP contribution < -0.4 is 5.32 Å². The lowest BCUT2D eigenvalue weighted by atomic mass is 9.97. The van der Waals surface area contributed by atoms with Crippen molar-refractivity contribution >= 4 is 33.4 Å². The Labute approximate surface area is 166 Å². The Balaban J connectivity index is 1.82. The summed E-state index contributed by atoms with van der Waals surface area (Å²) < 4.78 is 0.926. The molecule has 0 fully saturated rings. The van der Waals surface area contributed by atoms with E-state index >= 15 is 0 Å². The van der Waals surface area contributed by atoms with E-state index in [0.717, 1.165) is 15.7 Å². The number of carbonyl (C=O) groups is 2. The molecule has 1 atom stereocenters. The van der Waals surface area contributed by atoms with Crippen LogP contribution in [0.15, 0.2) is 83.3 Å². The lowest BCUT2D eigenvalue weighted by Crippen LogP contribution is -2.16. The van der Waals surface area contributed by atoms with Gasteiger partial charge in [-0.3, -0.25) is 4.79 Å². The minimum atomic E-state index is -0.966. The van der Waals surface area contributed by atoms with Crippen molar-refractivity contribution in [3.63, 3.8) is 0 Å². The third-order valence-electron chi connectivity index (χ3n) is 4.23. The van der Waals surface area contributed by atoms with Gasteiger partial charge in [0.05, 0.1) is 11.6 Å². The highest BCUT2D eigenvalue weighted by atomic mass is 79.9. The molecule has 5 heteroatoms. The van der Waals surface area contributed by atoms with Gasteiger partial charge in [-0.05, 0) is 42.0 Å². The summed E-state index contributed by atoms with van der Waals surface area (Å²) >= 11 is 3.38. The summed E-state index contributed by atoms with van der Waals surface area (Å²) in [4.78, 5) is 23.8. The molecule has 27 heavy (non-hydrogen) atoms. The molecule has 0 aliphatic rings. The molecule has 3 aromatic carbocycles. The lowest BCUT2D eigenvalue weighted by molar-refractivity contribution is 0.0696. The second-order valence-electron chi connectivity index (χ2n) is 6.12. The largest absolute Gasteiger partial charge is 0.478 e. The second-order valence-corrected chi connectivity index (χ2v) is 7.04. The maximum atomic E-state index is 12.7. The van der Waals surface area contributed by atoms with E-state index in [1.54, 1.807) is 36.4 Å². The zero-order valence-corrected chi connectivity index (χ0v) is 16.0. The predicted molar refractivity (Wildman–Crippen MR) is 109 cm³/mol. The molecule has 0 heterocycles.